The van der Waals surface area contributed by atoms with Crippen LogP contribution in [0.3, 0.4) is 0 Å². The zero-order valence-corrected chi connectivity index (χ0v) is 17.2. The Labute approximate surface area is 172 Å². The molecule has 2 amide bonds. The summed E-state index contributed by atoms with van der Waals surface area (Å²) in [4.78, 5) is 32.9. The van der Waals surface area contributed by atoms with Crippen molar-refractivity contribution in [3.05, 3.63) is 41.7 Å². The second-order valence-corrected chi connectivity index (χ2v) is 8.46. The van der Waals surface area contributed by atoms with Crippen LogP contribution in [-0.2, 0) is 4.79 Å². The highest BCUT2D eigenvalue weighted by Gasteiger charge is 2.32. The molecule has 1 aromatic rings. The zero-order chi connectivity index (χ0) is 20.9. The number of carbonyl (C=O) groups excluding carboxylic acids is 2. The van der Waals surface area contributed by atoms with Gasteiger partial charge < -0.3 is 15.3 Å². The second-order valence-electron chi connectivity index (χ2n) is 8.46. The van der Waals surface area contributed by atoms with Gasteiger partial charge in [0, 0.05) is 57.5 Å². The van der Waals surface area contributed by atoms with Crippen molar-refractivity contribution in [1.82, 2.24) is 9.80 Å². The number of hydrogen-bond acceptors (Lipinski definition) is 5. The first kappa shape index (κ1) is 21.0. The van der Waals surface area contributed by atoms with Crippen molar-refractivity contribution in [2.75, 3.05) is 44.6 Å². The molecule has 1 aliphatic heterocycles. The minimum absolute atomic E-state index is 0.0412. The number of Topliss-reactive ketones (excluding diaryl/α,β-unsaturated/α-hetero) is 1. The van der Waals surface area contributed by atoms with Crippen LogP contribution in [0.2, 0.25) is 0 Å². The Morgan fingerprint density at radius 3 is 2.52 bits per heavy atom. The molecule has 0 saturated carbocycles. The van der Waals surface area contributed by atoms with E-state index in [0.717, 1.165) is 25.3 Å². The van der Waals surface area contributed by atoms with Gasteiger partial charge in [0.25, 0.3) is 0 Å². The van der Waals surface area contributed by atoms with Gasteiger partial charge in [-0.15, -0.1) is 0 Å². The molecule has 2 N–H and O–H groups in total. The molecule has 7 nitrogen and oxygen atoms in total. The maximum Gasteiger partial charge on any atom is 0.321 e. The monoisotopic (exact) mass is 398 g/mol. The molecule has 1 fully saturated rings. The van der Waals surface area contributed by atoms with Crippen LogP contribution >= 0.6 is 0 Å². The molecule has 1 saturated heterocycles. The van der Waals surface area contributed by atoms with Crippen molar-refractivity contribution >= 4 is 23.7 Å². The predicted octanol–water partition coefficient (Wildman–Crippen LogP) is 3.11. The number of aliphatic imine (C=N–C) groups is 1. The lowest BCUT2D eigenvalue weighted by Gasteiger charge is -2.34. The van der Waals surface area contributed by atoms with Crippen LogP contribution < -0.4 is 5.32 Å². The van der Waals surface area contributed by atoms with Crippen molar-refractivity contribution in [3.63, 3.8) is 0 Å². The third-order valence-corrected chi connectivity index (χ3v) is 5.35. The number of allylic oxidation sites excluding steroid dienone is 2. The Morgan fingerprint density at radius 2 is 1.86 bits per heavy atom. The highest BCUT2D eigenvalue weighted by molar-refractivity contribution is 6.14. The van der Waals surface area contributed by atoms with E-state index >= 15 is 0 Å². The smallest absolute Gasteiger partial charge is 0.321 e. The molecule has 1 aliphatic carbocycles. The number of carbonyl (C=O) groups is 2. The summed E-state index contributed by atoms with van der Waals surface area (Å²) in [6, 6.07) is 9.38. The summed E-state index contributed by atoms with van der Waals surface area (Å²) in [5, 5.41) is 13.0. The number of benzene rings is 1. The number of nitrogens with one attached hydrogen (secondary N) is 1. The second kappa shape index (κ2) is 9.22. The van der Waals surface area contributed by atoms with Gasteiger partial charge in [0.2, 0.25) is 0 Å². The molecule has 0 radical (unpaired) electrons. The highest BCUT2D eigenvalue weighted by atomic mass is 16.3. The molecule has 0 unspecified atom stereocenters. The van der Waals surface area contributed by atoms with Crippen molar-refractivity contribution < 1.29 is 14.7 Å². The molecule has 0 atom stereocenters. The van der Waals surface area contributed by atoms with Crippen molar-refractivity contribution in [2.24, 2.45) is 10.4 Å². The average molecular weight is 399 g/mol. The number of urea groups is 1. The van der Waals surface area contributed by atoms with Gasteiger partial charge in [-0.1, -0.05) is 32.0 Å². The predicted molar refractivity (Wildman–Crippen MR) is 115 cm³/mol. The largest absolute Gasteiger partial charge is 0.511 e. The molecular formula is C22H30N4O3. The Hall–Kier alpha value is -2.67. The number of hydrogen-bond donors (Lipinski definition) is 2. The molecule has 0 spiro atoms. The topological polar surface area (TPSA) is 85.2 Å². The van der Waals surface area contributed by atoms with E-state index in [2.05, 4.69) is 15.2 Å². The molecule has 7 heteroatoms. The molecule has 2 aliphatic rings. The van der Waals surface area contributed by atoms with Gasteiger partial charge in [0.05, 0.1) is 12.1 Å². The SMILES string of the molecule is CC1(C)CC(=O)C(C=NCCN2CCN(C(=O)Nc3ccccc3)CC2)=C(O)C1. The first-order valence-corrected chi connectivity index (χ1v) is 10.1. The number of nitrogens with zero attached hydrogens (tertiary/aromatic N) is 3. The molecule has 29 heavy (non-hydrogen) atoms. The van der Waals surface area contributed by atoms with Crippen LogP contribution in [0.15, 0.2) is 46.7 Å². The molecule has 1 aromatic carbocycles. The summed E-state index contributed by atoms with van der Waals surface area (Å²) in [7, 11) is 0. The summed E-state index contributed by atoms with van der Waals surface area (Å²) >= 11 is 0. The van der Waals surface area contributed by atoms with E-state index in [9.17, 15) is 14.7 Å². The van der Waals surface area contributed by atoms with E-state index in [4.69, 9.17) is 0 Å². The van der Waals surface area contributed by atoms with E-state index in [0.29, 0.717) is 38.0 Å². The van der Waals surface area contributed by atoms with Gasteiger partial charge in [0.15, 0.2) is 5.78 Å². The lowest BCUT2D eigenvalue weighted by atomic mass is 9.77. The number of anilines is 1. The third-order valence-electron chi connectivity index (χ3n) is 5.35. The maximum absolute atomic E-state index is 12.3. The summed E-state index contributed by atoms with van der Waals surface area (Å²) in [6.45, 7) is 8.20. The first-order chi connectivity index (χ1) is 13.8. The van der Waals surface area contributed by atoms with E-state index in [1.54, 1.807) is 0 Å². The van der Waals surface area contributed by atoms with Crippen LogP contribution in [0.25, 0.3) is 0 Å². The van der Waals surface area contributed by atoms with Gasteiger partial charge >= 0.3 is 6.03 Å². The molecule has 0 aromatic heterocycles. The van der Waals surface area contributed by atoms with Crippen molar-refractivity contribution in [1.29, 1.82) is 0 Å². The summed E-state index contributed by atoms with van der Waals surface area (Å²) in [5.74, 6) is 0.105. The van der Waals surface area contributed by atoms with Crippen LogP contribution in [0.5, 0.6) is 0 Å². The number of amides is 2. The Bertz CT molecular complexity index is 794. The quantitative estimate of drug-likeness (QED) is 0.747. The van der Waals surface area contributed by atoms with E-state index in [1.165, 1.54) is 6.21 Å². The normalized spacial score (nSPS) is 20.3. The van der Waals surface area contributed by atoms with Gasteiger partial charge in [-0.2, -0.15) is 0 Å². The number of rotatable bonds is 5. The van der Waals surface area contributed by atoms with Crippen LogP contribution in [0.1, 0.15) is 26.7 Å². The van der Waals surface area contributed by atoms with Crippen LogP contribution in [-0.4, -0.2) is 72.2 Å². The minimum atomic E-state index is -0.189. The average Bonchev–Trinajstić information content (AvgIpc) is 2.67. The fourth-order valence-electron chi connectivity index (χ4n) is 3.70. The molecule has 3 rings (SSSR count). The molecule has 0 bridgehead atoms. The van der Waals surface area contributed by atoms with E-state index in [1.807, 2.05) is 49.1 Å². The van der Waals surface area contributed by atoms with E-state index in [-0.39, 0.29) is 23.0 Å². The summed E-state index contributed by atoms with van der Waals surface area (Å²) in [5.41, 5.74) is 0.963. The number of aliphatic hydroxyl groups excluding tert-OH is 1. The minimum Gasteiger partial charge on any atom is -0.511 e. The Kier molecular flexibility index (Phi) is 6.69. The number of ketones is 1. The fraction of sp³-hybridized carbons (Fsp3) is 0.500. The lowest BCUT2D eigenvalue weighted by molar-refractivity contribution is -0.117. The molecule has 156 valence electrons. The number of aliphatic hydroxyl groups is 1. The lowest BCUT2D eigenvalue weighted by Crippen LogP contribution is -2.50. The van der Waals surface area contributed by atoms with Gasteiger partial charge in [-0.25, -0.2) is 4.79 Å². The fourth-order valence-corrected chi connectivity index (χ4v) is 3.70. The summed E-state index contributed by atoms with van der Waals surface area (Å²) in [6.07, 6.45) is 2.47. The Balaban J connectivity index is 1.41. The van der Waals surface area contributed by atoms with Crippen LogP contribution in [0, 0.1) is 5.41 Å². The zero-order valence-electron chi connectivity index (χ0n) is 17.2. The van der Waals surface area contributed by atoms with Crippen molar-refractivity contribution in [2.45, 2.75) is 26.7 Å². The van der Waals surface area contributed by atoms with Gasteiger partial charge in [-0.3, -0.25) is 14.7 Å². The molecular weight excluding hydrogens is 368 g/mol. The van der Waals surface area contributed by atoms with Crippen molar-refractivity contribution in [3.8, 4) is 0 Å². The standard InChI is InChI=1S/C22H30N4O3/c1-22(2)14-19(27)18(20(28)15-22)16-23-8-9-25-10-12-26(13-11-25)21(29)24-17-6-4-3-5-7-17/h3-7,16,27H,8-15H2,1-2H3,(H,24,29). The van der Waals surface area contributed by atoms with Gasteiger partial charge in [0.1, 0.15) is 5.76 Å². The summed E-state index contributed by atoms with van der Waals surface area (Å²) < 4.78 is 0. The number of para-hydroxylation sites is 1. The maximum atomic E-state index is 12.3. The number of piperazine rings is 1. The first-order valence-electron chi connectivity index (χ1n) is 10.1. The Morgan fingerprint density at radius 1 is 1.17 bits per heavy atom. The third kappa shape index (κ3) is 5.90. The van der Waals surface area contributed by atoms with Gasteiger partial charge in [-0.05, 0) is 17.5 Å². The van der Waals surface area contributed by atoms with Crippen LogP contribution in [0.4, 0.5) is 10.5 Å². The molecule has 1 heterocycles. The van der Waals surface area contributed by atoms with E-state index < -0.39 is 0 Å². The highest BCUT2D eigenvalue weighted by Crippen LogP contribution is 2.35.